The van der Waals surface area contributed by atoms with E-state index in [1.54, 1.807) is 6.92 Å². The molecule has 1 saturated heterocycles. The van der Waals surface area contributed by atoms with Crippen LogP contribution in [0.3, 0.4) is 0 Å². The lowest BCUT2D eigenvalue weighted by Crippen LogP contribution is -2.43. The molecule has 5 heteroatoms. The fourth-order valence-corrected chi connectivity index (χ4v) is 2.32. The highest BCUT2D eigenvalue weighted by Gasteiger charge is 2.53. The maximum Gasteiger partial charge on any atom is 0.320 e. The standard InChI is InChI=1S/C12H14O5/c1-7-5-10(14)12(3-4-16-11(12)15)6-9(7)17-8(2)13/h5,9H,3-4,6H2,1-2H3/t9-,12-/m0/s1. The van der Waals surface area contributed by atoms with Crippen LogP contribution >= 0.6 is 0 Å². The number of esters is 2. The molecule has 2 atom stereocenters. The molecule has 2 aliphatic rings. The Bertz CT molecular complexity index is 423. The highest BCUT2D eigenvalue weighted by Crippen LogP contribution is 2.41. The topological polar surface area (TPSA) is 69.7 Å². The molecule has 5 nitrogen and oxygen atoms in total. The SMILES string of the molecule is CC(=O)O[C@H]1C[C@@]2(CCOC2=O)C(=O)C=C1C. The smallest absolute Gasteiger partial charge is 0.320 e. The van der Waals surface area contributed by atoms with Crippen molar-refractivity contribution < 1.29 is 23.9 Å². The molecule has 0 aromatic carbocycles. The van der Waals surface area contributed by atoms with E-state index in [-0.39, 0.29) is 18.8 Å². The van der Waals surface area contributed by atoms with E-state index in [1.165, 1.54) is 13.0 Å². The lowest BCUT2D eigenvalue weighted by atomic mass is 9.72. The fraction of sp³-hybridized carbons (Fsp3) is 0.583. The van der Waals surface area contributed by atoms with E-state index in [0.29, 0.717) is 12.0 Å². The maximum absolute atomic E-state index is 12.0. The van der Waals surface area contributed by atoms with Crippen LogP contribution in [0, 0.1) is 5.41 Å². The molecule has 2 rings (SSSR count). The van der Waals surface area contributed by atoms with Crippen molar-refractivity contribution in [1.82, 2.24) is 0 Å². The van der Waals surface area contributed by atoms with E-state index in [1.807, 2.05) is 0 Å². The molecule has 0 bridgehead atoms. The molecule has 1 heterocycles. The third-order valence-corrected chi connectivity index (χ3v) is 3.33. The summed E-state index contributed by atoms with van der Waals surface area (Å²) in [6.45, 7) is 3.28. The Morgan fingerprint density at radius 3 is 2.76 bits per heavy atom. The molecule has 92 valence electrons. The maximum atomic E-state index is 12.0. The van der Waals surface area contributed by atoms with Gasteiger partial charge in [-0.2, -0.15) is 0 Å². The molecular weight excluding hydrogens is 224 g/mol. The van der Waals surface area contributed by atoms with E-state index in [0.717, 1.165) is 0 Å². The van der Waals surface area contributed by atoms with E-state index >= 15 is 0 Å². The molecule has 0 aromatic rings. The Labute approximate surface area is 98.8 Å². The van der Waals surface area contributed by atoms with Crippen molar-refractivity contribution in [3.63, 3.8) is 0 Å². The van der Waals surface area contributed by atoms with Gasteiger partial charge in [0.25, 0.3) is 0 Å². The van der Waals surface area contributed by atoms with Gasteiger partial charge >= 0.3 is 11.9 Å². The Hall–Kier alpha value is -1.65. The van der Waals surface area contributed by atoms with Gasteiger partial charge in [-0.25, -0.2) is 0 Å². The van der Waals surface area contributed by atoms with Gasteiger partial charge in [0, 0.05) is 19.8 Å². The van der Waals surface area contributed by atoms with Crippen molar-refractivity contribution in [2.24, 2.45) is 5.41 Å². The van der Waals surface area contributed by atoms with Crippen LogP contribution in [0.4, 0.5) is 0 Å². The second-order valence-corrected chi connectivity index (χ2v) is 4.52. The predicted molar refractivity (Wildman–Crippen MR) is 56.9 cm³/mol. The van der Waals surface area contributed by atoms with Gasteiger partial charge in [0.05, 0.1) is 6.61 Å². The van der Waals surface area contributed by atoms with Gasteiger partial charge in [-0.05, 0) is 18.6 Å². The quantitative estimate of drug-likeness (QED) is 0.498. The molecule has 17 heavy (non-hydrogen) atoms. The summed E-state index contributed by atoms with van der Waals surface area (Å²) >= 11 is 0. The summed E-state index contributed by atoms with van der Waals surface area (Å²) in [5.74, 6) is -1.15. The van der Waals surface area contributed by atoms with Crippen molar-refractivity contribution in [1.29, 1.82) is 0 Å². The Balaban J connectivity index is 2.30. The van der Waals surface area contributed by atoms with E-state index in [4.69, 9.17) is 9.47 Å². The average Bonchev–Trinajstić information content (AvgIpc) is 2.57. The van der Waals surface area contributed by atoms with Crippen molar-refractivity contribution in [2.75, 3.05) is 6.61 Å². The normalized spacial score (nSPS) is 32.4. The Morgan fingerprint density at radius 1 is 1.53 bits per heavy atom. The first-order chi connectivity index (χ1) is 7.95. The minimum Gasteiger partial charge on any atom is -0.465 e. The number of hydrogen-bond acceptors (Lipinski definition) is 5. The largest absolute Gasteiger partial charge is 0.465 e. The summed E-state index contributed by atoms with van der Waals surface area (Å²) in [4.78, 5) is 34.6. The summed E-state index contributed by atoms with van der Waals surface area (Å²) in [6.07, 6.45) is 1.46. The number of ether oxygens (including phenoxy) is 2. The number of carbonyl (C=O) groups excluding carboxylic acids is 3. The number of carbonyl (C=O) groups is 3. The Kier molecular flexibility index (Phi) is 2.77. The zero-order valence-corrected chi connectivity index (χ0v) is 9.82. The van der Waals surface area contributed by atoms with Crippen LogP contribution in [0.25, 0.3) is 0 Å². The van der Waals surface area contributed by atoms with Crippen LogP contribution in [0.15, 0.2) is 11.6 Å². The van der Waals surface area contributed by atoms with Crippen LogP contribution in [0.2, 0.25) is 0 Å². The number of cyclic esters (lactones) is 1. The van der Waals surface area contributed by atoms with Crippen LogP contribution < -0.4 is 0 Å². The molecule has 0 saturated carbocycles. The minimum atomic E-state index is -1.13. The first kappa shape index (κ1) is 11.8. The van der Waals surface area contributed by atoms with Crippen LogP contribution in [0.1, 0.15) is 26.7 Å². The lowest BCUT2D eigenvalue weighted by molar-refractivity contribution is -0.157. The number of hydrogen-bond donors (Lipinski definition) is 0. The van der Waals surface area contributed by atoms with Gasteiger partial charge in [0.15, 0.2) is 5.78 Å². The first-order valence-corrected chi connectivity index (χ1v) is 5.53. The van der Waals surface area contributed by atoms with Gasteiger partial charge in [-0.3, -0.25) is 14.4 Å². The van der Waals surface area contributed by atoms with Crippen molar-refractivity contribution in [2.45, 2.75) is 32.8 Å². The van der Waals surface area contributed by atoms with Crippen LogP contribution in [0.5, 0.6) is 0 Å². The summed E-state index contributed by atoms with van der Waals surface area (Å²) in [7, 11) is 0. The molecule has 1 aliphatic heterocycles. The number of rotatable bonds is 1. The third kappa shape index (κ3) is 1.85. The highest BCUT2D eigenvalue weighted by atomic mass is 16.5. The van der Waals surface area contributed by atoms with E-state index in [2.05, 4.69) is 0 Å². The van der Waals surface area contributed by atoms with Crippen molar-refractivity contribution >= 4 is 17.7 Å². The minimum absolute atomic E-state index is 0.201. The monoisotopic (exact) mass is 238 g/mol. The van der Waals surface area contributed by atoms with Gasteiger partial charge in [0.1, 0.15) is 11.5 Å². The zero-order valence-electron chi connectivity index (χ0n) is 9.82. The predicted octanol–water partition coefficient (Wildman–Crippen LogP) is 0.770. The molecular formula is C12H14O5. The Morgan fingerprint density at radius 2 is 2.24 bits per heavy atom. The van der Waals surface area contributed by atoms with Crippen molar-refractivity contribution in [3.05, 3.63) is 11.6 Å². The molecule has 0 aromatic heterocycles. The van der Waals surface area contributed by atoms with Gasteiger partial charge in [-0.15, -0.1) is 0 Å². The molecule has 1 spiro atoms. The van der Waals surface area contributed by atoms with E-state index in [9.17, 15) is 14.4 Å². The number of allylic oxidation sites excluding steroid dienone is 1. The molecule has 0 amide bonds. The van der Waals surface area contributed by atoms with Gasteiger partial charge in [0.2, 0.25) is 0 Å². The average molecular weight is 238 g/mol. The summed E-state index contributed by atoms with van der Waals surface area (Å²) in [6, 6.07) is 0. The zero-order chi connectivity index (χ0) is 12.6. The van der Waals surface area contributed by atoms with E-state index < -0.39 is 23.5 Å². The second kappa shape index (κ2) is 3.98. The molecule has 1 fully saturated rings. The fourth-order valence-electron chi connectivity index (χ4n) is 2.32. The lowest BCUT2D eigenvalue weighted by Gasteiger charge is -2.31. The van der Waals surface area contributed by atoms with Crippen molar-refractivity contribution in [3.8, 4) is 0 Å². The molecule has 0 N–H and O–H groups in total. The summed E-state index contributed by atoms with van der Waals surface area (Å²) < 4.78 is 10.00. The highest BCUT2D eigenvalue weighted by molar-refractivity contribution is 6.11. The summed E-state index contributed by atoms with van der Waals surface area (Å²) in [5, 5.41) is 0. The first-order valence-electron chi connectivity index (χ1n) is 5.53. The molecule has 0 radical (unpaired) electrons. The second-order valence-electron chi connectivity index (χ2n) is 4.52. The third-order valence-electron chi connectivity index (χ3n) is 3.33. The van der Waals surface area contributed by atoms with Crippen LogP contribution in [-0.4, -0.2) is 30.4 Å². The summed E-state index contributed by atoms with van der Waals surface area (Å²) in [5.41, 5.74) is -0.449. The molecule has 0 unspecified atom stereocenters. The van der Waals surface area contributed by atoms with Crippen LogP contribution in [-0.2, 0) is 23.9 Å². The molecule has 1 aliphatic carbocycles. The van der Waals surface area contributed by atoms with Gasteiger partial charge < -0.3 is 9.47 Å². The number of ketones is 1. The van der Waals surface area contributed by atoms with Gasteiger partial charge in [-0.1, -0.05) is 0 Å².